The molecule has 0 bridgehead atoms. The third kappa shape index (κ3) is 3.43. The van der Waals surface area contributed by atoms with Crippen molar-refractivity contribution in [3.8, 4) is 0 Å². The van der Waals surface area contributed by atoms with E-state index in [9.17, 15) is 0 Å². The van der Waals surface area contributed by atoms with Gasteiger partial charge < -0.3 is 4.90 Å². The second-order valence-corrected chi connectivity index (χ2v) is 4.77. The van der Waals surface area contributed by atoms with E-state index >= 15 is 0 Å². The van der Waals surface area contributed by atoms with E-state index in [0.717, 1.165) is 10.9 Å². The van der Waals surface area contributed by atoms with Gasteiger partial charge in [0.05, 0.1) is 0 Å². The second kappa shape index (κ2) is 5.52. The Balaban J connectivity index is 2.63. The van der Waals surface area contributed by atoms with Crippen LogP contribution in [0.4, 0.5) is 0 Å². The highest BCUT2D eigenvalue weighted by Gasteiger charge is 2.08. The van der Waals surface area contributed by atoms with E-state index in [1.165, 1.54) is 12.0 Å². The number of hydrogen-bond donors (Lipinski definition) is 0. The number of benzene rings is 1. The summed E-state index contributed by atoms with van der Waals surface area (Å²) in [6.07, 6.45) is 2.33. The fraction of sp³-hybridized carbons (Fsp3) is 0.500. The van der Waals surface area contributed by atoms with Crippen molar-refractivity contribution in [2.45, 2.75) is 25.8 Å². The van der Waals surface area contributed by atoms with E-state index in [0.29, 0.717) is 6.04 Å². The van der Waals surface area contributed by atoms with Crippen molar-refractivity contribution in [1.29, 1.82) is 0 Å². The zero-order chi connectivity index (χ0) is 10.6. The predicted molar refractivity (Wildman–Crippen MR) is 65.6 cm³/mol. The summed E-state index contributed by atoms with van der Waals surface area (Å²) in [7, 11) is 4.29. The standard InChI is InChI=1S/C12H18BrN/c1-4-12(14(2)3)9-10-5-7-11(13)8-6-10/h5-8,12H,4,9H2,1-3H3. The fourth-order valence-electron chi connectivity index (χ4n) is 1.58. The normalized spacial score (nSPS) is 13.2. The number of hydrogen-bond acceptors (Lipinski definition) is 1. The Morgan fingerprint density at radius 1 is 1.21 bits per heavy atom. The molecule has 1 aromatic rings. The summed E-state index contributed by atoms with van der Waals surface area (Å²) in [5.41, 5.74) is 1.41. The monoisotopic (exact) mass is 255 g/mol. The molecule has 0 saturated carbocycles. The van der Waals surface area contributed by atoms with Gasteiger partial charge in [-0.05, 0) is 44.6 Å². The maximum absolute atomic E-state index is 3.45. The molecule has 0 aliphatic carbocycles. The smallest absolute Gasteiger partial charge is 0.0175 e. The Kier molecular flexibility index (Phi) is 4.63. The molecule has 0 spiro atoms. The van der Waals surface area contributed by atoms with Gasteiger partial charge in [-0.1, -0.05) is 35.0 Å². The van der Waals surface area contributed by atoms with Crippen molar-refractivity contribution in [1.82, 2.24) is 4.90 Å². The molecule has 1 unspecified atom stereocenters. The first-order valence-corrected chi connectivity index (χ1v) is 5.83. The lowest BCUT2D eigenvalue weighted by Crippen LogP contribution is -2.29. The lowest BCUT2D eigenvalue weighted by molar-refractivity contribution is 0.284. The van der Waals surface area contributed by atoms with Gasteiger partial charge in [-0.3, -0.25) is 0 Å². The van der Waals surface area contributed by atoms with Crippen LogP contribution in [0.2, 0.25) is 0 Å². The van der Waals surface area contributed by atoms with Crippen LogP contribution in [0.25, 0.3) is 0 Å². The van der Waals surface area contributed by atoms with Gasteiger partial charge in [0, 0.05) is 10.5 Å². The van der Waals surface area contributed by atoms with Crippen molar-refractivity contribution < 1.29 is 0 Å². The number of likely N-dealkylation sites (N-methyl/N-ethyl adjacent to an activating group) is 1. The zero-order valence-corrected chi connectivity index (χ0v) is 10.7. The molecule has 0 saturated heterocycles. The van der Waals surface area contributed by atoms with Crippen LogP contribution in [0.5, 0.6) is 0 Å². The Morgan fingerprint density at radius 3 is 2.21 bits per heavy atom. The fourth-order valence-corrected chi connectivity index (χ4v) is 1.85. The summed E-state index contributed by atoms with van der Waals surface area (Å²) in [5.74, 6) is 0. The highest BCUT2D eigenvalue weighted by molar-refractivity contribution is 9.10. The highest BCUT2D eigenvalue weighted by Crippen LogP contribution is 2.14. The Labute approximate surface area is 95.2 Å². The van der Waals surface area contributed by atoms with Crippen LogP contribution in [0.3, 0.4) is 0 Å². The van der Waals surface area contributed by atoms with Crippen LogP contribution in [0.15, 0.2) is 28.7 Å². The van der Waals surface area contributed by atoms with E-state index in [-0.39, 0.29) is 0 Å². The Bertz CT molecular complexity index is 266. The average molecular weight is 256 g/mol. The molecule has 14 heavy (non-hydrogen) atoms. The van der Waals surface area contributed by atoms with Crippen molar-refractivity contribution in [3.63, 3.8) is 0 Å². The molecular weight excluding hydrogens is 238 g/mol. The van der Waals surface area contributed by atoms with E-state index in [2.05, 4.69) is 66.1 Å². The van der Waals surface area contributed by atoms with Crippen LogP contribution in [-0.4, -0.2) is 25.0 Å². The number of nitrogens with zero attached hydrogens (tertiary/aromatic N) is 1. The largest absolute Gasteiger partial charge is 0.306 e. The zero-order valence-electron chi connectivity index (χ0n) is 9.13. The number of halogens is 1. The first-order valence-electron chi connectivity index (χ1n) is 5.04. The maximum Gasteiger partial charge on any atom is 0.0175 e. The molecule has 0 aliphatic heterocycles. The maximum atomic E-state index is 3.45. The lowest BCUT2D eigenvalue weighted by atomic mass is 10.0. The molecule has 0 fully saturated rings. The van der Waals surface area contributed by atoms with Gasteiger partial charge in [-0.25, -0.2) is 0 Å². The summed E-state index contributed by atoms with van der Waals surface area (Å²) in [6, 6.07) is 9.25. The molecule has 2 heteroatoms. The third-order valence-corrected chi connectivity index (χ3v) is 3.11. The van der Waals surface area contributed by atoms with Gasteiger partial charge in [0.25, 0.3) is 0 Å². The van der Waals surface area contributed by atoms with Gasteiger partial charge in [0.2, 0.25) is 0 Å². The molecule has 1 atom stereocenters. The molecule has 0 heterocycles. The van der Waals surface area contributed by atoms with Crippen molar-refractivity contribution in [3.05, 3.63) is 34.3 Å². The summed E-state index contributed by atoms with van der Waals surface area (Å²) in [6.45, 7) is 2.24. The van der Waals surface area contributed by atoms with Gasteiger partial charge in [-0.2, -0.15) is 0 Å². The molecule has 0 N–H and O–H groups in total. The summed E-state index contributed by atoms with van der Waals surface area (Å²) in [4.78, 5) is 2.29. The second-order valence-electron chi connectivity index (χ2n) is 3.86. The van der Waals surface area contributed by atoms with Gasteiger partial charge >= 0.3 is 0 Å². The van der Waals surface area contributed by atoms with Crippen LogP contribution in [0, 0.1) is 0 Å². The minimum atomic E-state index is 0.649. The van der Waals surface area contributed by atoms with E-state index < -0.39 is 0 Å². The molecule has 1 rings (SSSR count). The molecule has 0 radical (unpaired) electrons. The van der Waals surface area contributed by atoms with E-state index in [1.54, 1.807) is 0 Å². The van der Waals surface area contributed by atoms with E-state index in [1.807, 2.05) is 0 Å². The molecule has 1 nitrogen and oxygen atoms in total. The Morgan fingerprint density at radius 2 is 1.79 bits per heavy atom. The van der Waals surface area contributed by atoms with Crippen molar-refractivity contribution in [2.75, 3.05) is 14.1 Å². The van der Waals surface area contributed by atoms with E-state index in [4.69, 9.17) is 0 Å². The summed E-state index contributed by atoms with van der Waals surface area (Å²) in [5, 5.41) is 0. The predicted octanol–water partition coefficient (Wildman–Crippen LogP) is 3.33. The molecule has 0 aliphatic rings. The van der Waals surface area contributed by atoms with Crippen molar-refractivity contribution in [2.24, 2.45) is 0 Å². The minimum Gasteiger partial charge on any atom is -0.306 e. The van der Waals surface area contributed by atoms with Crippen LogP contribution >= 0.6 is 15.9 Å². The Hall–Kier alpha value is -0.340. The molecule has 0 amide bonds. The van der Waals surface area contributed by atoms with Gasteiger partial charge in [-0.15, -0.1) is 0 Å². The molecule has 78 valence electrons. The molecule has 0 aromatic heterocycles. The van der Waals surface area contributed by atoms with Crippen LogP contribution < -0.4 is 0 Å². The SMILES string of the molecule is CCC(Cc1ccc(Br)cc1)N(C)C. The molecular formula is C12H18BrN. The topological polar surface area (TPSA) is 3.24 Å². The average Bonchev–Trinajstić information content (AvgIpc) is 2.16. The lowest BCUT2D eigenvalue weighted by Gasteiger charge is -2.22. The van der Waals surface area contributed by atoms with Crippen LogP contribution in [0.1, 0.15) is 18.9 Å². The quantitative estimate of drug-likeness (QED) is 0.798. The first-order chi connectivity index (χ1) is 6.63. The highest BCUT2D eigenvalue weighted by atomic mass is 79.9. The summed E-state index contributed by atoms with van der Waals surface area (Å²) >= 11 is 3.45. The summed E-state index contributed by atoms with van der Waals surface area (Å²) < 4.78 is 1.15. The van der Waals surface area contributed by atoms with Crippen LogP contribution in [-0.2, 0) is 6.42 Å². The molecule has 1 aromatic carbocycles. The first kappa shape index (κ1) is 11.7. The van der Waals surface area contributed by atoms with Crippen molar-refractivity contribution >= 4 is 15.9 Å². The van der Waals surface area contributed by atoms with Gasteiger partial charge in [0.15, 0.2) is 0 Å². The number of rotatable bonds is 4. The third-order valence-electron chi connectivity index (χ3n) is 2.59. The minimum absolute atomic E-state index is 0.649. The van der Waals surface area contributed by atoms with Gasteiger partial charge in [0.1, 0.15) is 0 Å².